The van der Waals surface area contributed by atoms with E-state index in [1.807, 2.05) is 13.1 Å². The SMILES string of the molecule is COC1=C[C@@]23COC[C@@H]2C[C@@H](C1=O)N3C. The van der Waals surface area contributed by atoms with E-state index in [1.165, 1.54) is 0 Å². The standard InChI is InChI=1S/C11H15NO3/c1-12-8-3-7-5-15-6-11(7,12)4-9(14-2)10(8)13/h4,7-8H,3,5-6H2,1-2H3/t7-,8-,11+/m0/s1. The molecule has 3 aliphatic rings. The van der Waals surface area contributed by atoms with Crippen LogP contribution in [0.4, 0.5) is 0 Å². The molecule has 0 amide bonds. The Kier molecular flexibility index (Phi) is 1.77. The van der Waals surface area contributed by atoms with E-state index >= 15 is 0 Å². The fourth-order valence-electron chi connectivity index (χ4n) is 3.17. The molecule has 3 atom stereocenters. The molecule has 4 heteroatoms. The molecular formula is C11H15NO3. The Bertz CT molecular complexity index is 352. The number of nitrogens with zero attached hydrogens (tertiary/aromatic N) is 1. The van der Waals surface area contributed by atoms with Crippen molar-refractivity contribution in [1.82, 2.24) is 4.90 Å². The smallest absolute Gasteiger partial charge is 0.214 e. The number of ketones is 1. The van der Waals surface area contributed by atoms with Crippen molar-refractivity contribution in [3.63, 3.8) is 0 Å². The number of carbonyl (C=O) groups is 1. The van der Waals surface area contributed by atoms with E-state index in [1.54, 1.807) is 7.11 Å². The van der Waals surface area contributed by atoms with Crippen LogP contribution in [0.2, 0.25) is 0 Å². The highest BCUT2D eigenvalue weighted by Gasteiger charge is 2.59. The zero-order chi connectivity index (χ0) is 10.6. The summed E-state index contributed by atoms with van der Waals surface area (Å²) in [5.74, 6) is 1.09. The van der Waals surface area contributed by atoms with Crippen LogP contribution in [0, 0.1) is 5.92 Å². The second kappa shape index (κ2) is 2.83. The molecular weight excluding hydrogens is 194 g/mol. The molecule has 2 saturated heterocycles. The summed E-state index contributed by atoms with van der Waals surface area (Å²) in [5, 5.41) is 0. The average Bonchev–Trinajstić information content (AvgIpc) is 2.69. The highest BCUT2D eigenvalue weighted by Crippen LogP contribution is 2.47. The fourth-order valence-corrected chi connectivity index (χ4v) is 3.17. The Morgan fingerprint density at radius 3 is 3.20 bits per heavy atom. The van der Waals surface area contributed by atoms with Gasteiger partial charge in [-0.3, -0.25) is 9.69 Å². The third-order valence-electron chi connectivity index (χ3n) is 4.14. The van der Waals surface area contributed by atoms with Crippen molar-refractivity contribution in [3.8, 4) is 0 Å². The lowest BCUT2D eigenvalue weighted by atomic mass is 9.88. The van der Waals surface area contributed by atoms with Crippen LogP contribution in [0.15, 0.2) is 11.8 Å². The summed E-state index contributed by atoms with van der Waals surface area (Å²) in [6.07, 6.45) is 2.87. The van der Waals surface area contributed by atoms with Crippen LogP contribution < -0.4 is 0 Å². The highest BCUT2D eigenvalue weighted by atomic mass is 16.5. The summed E-state index contributed by atoms with van der Waals surface area (Å²) < 4.78 is 10.7. The number of methoxy groups -OCH3 is 1. The fraction of sp³-hybridized carbons (Fsp3) is 0.727. The Hall–Kier alpha value is -0.870. The minimum atomic E-state index is -0.0794. The van der Waals surface area contributed by atoms with Gasteiger partial charge in [-0.1, -0.05) is 0 Å². The zero-order valence-corrected chi connectivity index (χ0v) is 9.03. The minimum absolute atomic E-state index is 0.00106. The van der Waals surface area contributed by atoms with Crippen molar-refractivity contribution in [1.29, 1.82) is 0 Å². The molecule has 2 fully saturated rings. The summed E-state index contributed by atoms with van der Waals surface area (Å²) in [5.41, 5.74) is -0.0794. The third kappa shape index (κ3) is 0.961. The van der Waals surface area contributed by atoms with Crippen LogP contribution in [0.5, 0.6) is 0 Å². The quantitative estimate of drug-likeness (QED) is 0.618. The number of rotatable bonds is 1. The lowest BCUT2D eigenvalue weighted by Crippen LogP contribution is -2.52. The summed E-state index contributed by atoms with van der Waals surface area (Å²) in [4.78, 5) is 14.1. The van der Waals surface area contributed by atoms with Gasteiger partial charge in [-0.15, -0.1) is 0 Å². The van der Waals surface area contributed by atoms with Gasteiger partial charge in [0.05, 0.1) is 31.9 Å². The maximum absolute atomic E-state index is 12.0. The number of hydrogen-bond acceptors (Lipinski definition) is 4. The van der Waals surface area contributed by atoms with Crippen LogP contribution in [-0.2, 0) is 14.3 Å². The van der Waals surface area contributed by atoms with Crippen molar-refractivity contribution in [2.75, 3.05) is 27.4 Å². The van der Waals surface area contributed by atoms with Gasteiger partial charge in [0, 0.05) is 5.92 Å². The molecule has 3 aliphatic heterocycles. The van der Waals surface area contributed by atoms with Gasteiger partial charge in [0.25, 0.3) is 0 Å². The molecule has 82 valence electrons. The first-order valence-electron chi connectivity index (χ1n) is 5.31. The summed E-state index contributed by atoms with van der Waals surface area (Å²) in [6.45, 7) is 1.45. The lowest BCUT2D eigenvalue weighted by Gasteiger charge is -2.37. The van der Waals surface area contributed by atoms with Crippen LogP contribution in [0.25, 0.3) is 0 Å². The highest BCUT2D eigenvalue weighted by molar-refractivity contribution is 5.99. The normalized spacial score (nSPS) is 44.1. The van der Waals surface area contributed by atoms with Gasteiger partial charge in [-0.2, -0.15) is 0 Å². The van der Waals surface area contributed by atoms with E-state index in [-0.39, 0.29) is 17.4 Å². The van der Waals surface area contributed by atoms with E-state index in [0.29, 0.717) is 18.3 Å². The third-order valence-corrected chi connectivity index (χ3v) is 4.14. The van der Waals surface area contributed by atoms with Crippen LogP contribution in [0.1, 0.15) is 6.42 Å². The number of ether oxygens (including phenoxy) is 2. The van der Waals surface area contributed by atoms with Crippen molar-refractivity contribution in [2.45, 2.75) is 18.0 Å². The molecule has 1 spiro atoms. The van der Waals surface area contributed by atoms with Gasteiger partial charge < -0.3 is 9.47 Å². The first-order valence-corrected chi connectivity index (χ1v) is 5.31. The molecule has 0 unspecified atom stereocenters. The maximum Gasteiger partial charge on any atom is 0.214 e. The molecule has 0 aromatic rings. The van der Waals surface area contributed by atoms with Gasteiger partial charge in [0.2, 0.25) is 5.78 Å². The molecule has 3 rings (SSSR count). The Morgan fingerprint density at radius 2 is 2.47 bits per heavy atom. The van der Waals surface area contributed by atoms with E-state index in [0.717, 1.165) is 13.0 Å². The van der Waals surface area contributed by atoms with E-state index in [2.05, 4.69) is 4.90 Å². The van der Waals surface area contributed by atoms with Gasteiger partial charge in [-0.25, -0.2) is 0 Å². The molecule has 0 radical (unpaired) electrons. The monoisotopic (exact) mass is 209 g/mol. The summed E-state index contributed by atoms with van der Waals surface area (Å²) in [6, 6.07) is -0.00106. The predicted molar refractivity (Wildman–Crippen MR) is 53.3 cm³/mol. The van der Waals surface area contributed by atoms with Gasteiger partial charge in [0.15, 0.2) is 5.76 Å². The van der Waals surface area contributed by atoms with Crippen LogP contribution in [0.3, 0.4) is 0 Å². The van der Waals surface area contributed by atoms with Gasteiger partial charge in [-0.05, 0) is 19.5 Å². The summed E-state index contributed by atoms with van der Waals surface area (Å²) in [7, 11) is 3.58. The number of likely N-dealkylation sites (N-methyl/N-ethyl adjacent to an activating group) is 1. The zero-order valence-electron chi connectivity index (χ0n) is 9.03. The Balaban J connectivity index is 2.10. The molecule has 0 aliphatic carbocycles. The second-order valence-electron chi connectivity index (χ2n) is 4.64. The number of hydrogen-bond donors (Lipinski definition) is 0. The van der Waals surface area contributed by atoms with Gasteiger partial charge >= 0.3 is 0 Å². The average molecular weight is 209 g/mol. The summed E-state index contributed by atoms with van der Waals surface area (Å²) >= 11 is 0. The van der Waals surface area contributed by atoms with Crippen molar-refractivity contribution in [3.05, 3.63) is 11.8 Å². The molecule has 3 heterocycles. The number of fused-ring (bicyclic) bond motifs is 1. The van der Waals surface area contributed by atoms with Gasteiger partial charge in [0.1, 0.15) is 0 Å². The molecule has 0 N–H and O–H groups in total. The minimum Gasteiger partial charge on any atom is -0.493 e. The first-order chi connectivity index (χ1) is 7.19. The molecule has 0 saturated carbocycles. The molecule has 15 heavy (non-hydrogen) atoms. The molecule has 4 nitrogen and oxygen atoms in total. The van der Waals surface area contributed by atoms with Crippen LogP contribution in [-0.4, -0.2) is 49.6 Å². The van der Waals surface area contributed by atoms with Crippen molar-refractivity contribution in [2.24, 2.45) is 5.92 Å². The van der Waals surface area contributed by atoms with E-state index in [9.17, 15) is 4.79 Å². The number of Topliss-reactive ketones (excluding diaryl/α,β-unsaturated/α-hetero) is 1. The molecule has 0 aromatic carbocycles. The lowest BCUT2D eigenvalue weighted by molar-refractivity contribution is -0.124. The van der Waals surface area contributed by atoms with E-state index < -0.39 is 0 Å². The maximum atomic E-state index is 12.0. The van der Waals surface area contributed by atoms with E-state index in [4.69, 9.17) is 9.47 Å². The number of carbonyl (C=O) groups excluding carboxylic acids is 1. The molecule has 2 bridgehead atoms. The van der Waals surface area contributed by atoms with Crippen LogP contribution >= 0.6 is 0 Å². The Morgan fingerprint density at radius 1 is 1.67 bits per heavy atom. The molecule has 0 aromatic heterocycles. The topological polar surface area (TPSA) is 38.8 Å². The van der Waals surface area contributed by atoms with Crippen molar-refractivity contribution >= 4 is 5.78 Å². The Labute approximate surface area is 88.8 Å². The predicted octanol–water partition coefficient (Wildman–Crippen LogP) is 0.189. The largest absolute Gasteiger partial charge is 0.493 e. The van der Waals surface area contributed by atoms with Crippen molar-refractivity contribution < 1.29 is 14.3 Å². The first kappa shape index (κ1) is 9.36. The second-order valence-corrected chi connectivity index (χ2v) is 4.64.